The molecule has 11 rings (SSSR count). The fourth-order valence-corrected chi connectivity index (χ4v) is 8.20. The van der Waals surface area contributed by atoms with Crippen molar-refractivity contribution in [3.63, 3.8) is 0 Å². The summed E-state index contributed by atoms with van der Waals surface area (Å²) >= 11 is 0. The molecule has 0 radical (unpaired) electrons. The number of hydrogen-bond donors (Lipinski definition) is 0. The number of anilines is 3. The molecule has 2 aromatic heterocycles. The Morgan fingerprint density at radius 1 is 0.351 bits per heavy atom. The summed E-state index contributed by atoms with van der Waals surface area (Å²) in [4.78, 5) is 7.19. The molecule has 0 saturated carbocycles. The van der Waals surface area contributed by atoms with Gasteiger partial charge in [-0.1, -0.05) is 152 Å². The zero-order valence-electron chi connectivity index (χ0n) is 30.8. The summed E-state index contributed by atoms with van der Waals surface area (Å²) in [7, 11) is 0. The van der Waals surface area contributed by atoms with Crippen LogP contribution in [0.1, 0.15) is 0 Å². The van der Waals surface area contributed by atoms with E-state index in [2.05, 4.69) is 169 Å². The summed E-state index contributed by atoms with van der Waals surface area (Å²) in [6.45, 7) is 0. The van der Waals surface area contributed by atoms with Gasteiger partial charge in [-0.2, -0.15) is 0 Å². The minimum absolute atomic E-state index is 0.598. The molecular weight excluding hydrogens is 697 g/mol. The van der Waals surface area contributed by atoms with Gasteiger partial charge in [0.05, 0.1) is 11.1 Å². The van der Waals surface area contributed by atoms with Crippen molar-refractivity contribution in [2.45, 2.75) is 0 Å². The topological polar surface area (TPSA) is 42.4 Å². The lowest BCUT2D eigenvalue weighted by atomic mass is 9.96. The summed E-state index contributed by atoms with van der Waals surface area (Å²) < 4.78 is 13.0. The standard InChI is InChI=1S/C53H34N2O2/c1-4-13-35(14-5-1)36-23-27-40(28-24-36)55(48-33-31-42(37-15-6-2-7-16-37)44-19-10-11-20-45(44)48)41-29-25-38(26-30-41)43-21-12-22-46-50-49(56-51(43)46)34-32-47-52(50)57-53(54-47)39-17-8-3-9-18-39/h1-34H. The van der Waals surface area contributed by atoms with Crippen LogP contribution in [-0.2, 0) is 0 Å². The number of fused-ring (bicyclic) bond motifs is 6. The van der Waals surface area contributed by atoms with E-state index in [0.29, 0.717) is 5.89 Å². The molecule has 2 heterocycles. The fraction of sp³-hybridized carbons (Fsp3) is 0. The van der Waals surface area contributed by atoms with Crippen molar-refractivity contribution in [2.75, 3.05) is 4.90 Å². The monoisotopic (exact) mass is 730 g/mol. The highest BCUT2D eigenvalue weighted by molar-refractivity contribution is 6.18. The molecule has 0 bridgehead atoms. The summed E-state index contributed by atoms with van der Waals surface area (Å²) in [6.07, 6.45) is 0. The molecule has 0 fully saturated rings. The Balaban J connectivity index is 1.03. The van der Waals surface area contributed by atoms with Crippen LogP contribution in [-0.4, -0.2) is 4.98 Å². The third kappa shape index (κ3) is 5.66. The molecule has 0 aliphatic rings. The average molecular weight is 731 g/mol. The van der Waals surface area contributed by atoms with E-state index in [1.165, 1.54) is 33.0 Å². The number of oxazole rings is 1. The summed E-state index contributed by atoms with van der Waals surface area (Å²) in [6, 6.07) is 72.4. The van der Waals surface area contributed by atoms with Gasteiger partial charge in [-0.3, -0.25) is 0 Å². The Morgan fingerprint density at radius 2 is 0.912 bits per heavy atom. The highest BCUT2D eigenvalue weighted by Crippen LogP contribution is 2.44. The van der Waals surface area contributed by atoms with E-state index in [-0.39, 0.29) is 0 Å². The van der Waals surface area contributed by atoms with Crippen LogP contribution in [0.5, 0.6) is 0 Å². The van der Waals surface area contributed by atoms with E-state index in [4.69, 9.17) is 13.8 Å². The van der Waals surface area contributed by atoms with Gasteiger partial charge in [0.2, 0.25) is 5.89 Å². The van der Waals surface area contributed by atoms with Crippen molar-refractivity contribution in [1.82, 2.24) is 4.98 Å². The van der Waals surface area contributed by atoms with E-state index >= 15 is 0 Å². The normalized spacial score (nSPS) is 11.5. The zero-order valence-corrected chi connectivity index (χ0v) is 30.8. The Kier molecular flexibility index (Phi) is 7.78. The molecule has 0 saturated heterocycles. The van der Waals surface area contributed by atoms with Gasteiger partial charge in [0.1, 0.15) is 16.7 Å². The maximum atomic E-state index is 6.62. The van der Waals surface area contributed by atoms with E-state index < -0.39 is 0 Å². The quantitative estimate of drug-likeness (QED) is 0.164. The van der Waals surface area contributed by atoms with Crippen molar-refractivity contribution in [3.05, 3.63) is 206 Å². The maximum absolute atomic E-state index is 6.62. The second kappa shape index (κ2) is 13.6. The lowest BCUT2D eigenvalue weighted by Gasteiger charge is -2.28. The fourth-order valence-electron chi connectivity index (χ4n) is 8.20. The minimum Gasteiger partial charge on any atom is -0.455 e. The third-order valence-corrected chi connectivity index (χ3v) is 10.9. The second-order valence-electron chi connectivity index (χ2n) is 14.3. The van der Waals surface area contributed by atoms with E-state index in [1.807, 2.05) is 42.5 Å². The number of para-hydroxylation sites is 1. The molecule has 0 atom stereocenters. The van der Waals surface area contributed by atoms with Crippen LogP contribution in [0.3, 0.4) is 0 Å². The largest absolute Gasteiger partial charge is 0.455 e. The second-order valence-corrected chi connectivity index (χ2v) is 14.3. The van der Waals surface area contributed by atoms with E-state index in [9.17, 15) is 0 Å². The van der Waals surface area contributed by atoms with Gasteiger partial charge in [-0.25, -0.2) is 4.98 Å². The molecule has 11 aromatic rings. The number of hydrogen-bond acceptors (Lipinski definition) is 4. The molecule has 0 unspecified atom stereocenters. The molecule has 0 amide bonds. The van der Waals surface area contributed by atoms with Crippen LogP contribution in [0.2, 0.25) is 0 Å². The van der Waals surface area contributed by atoms with Crippen LogP contribution >= 0.6 is 0 Å². The zero-order chi connectivity index (χ0) is 37.7. The Labute approximate surface area is 329 Å². The number of aromatic nitrogens is 1. The molecule has 0 N–H and O–H groups in total. The maximum Gasteiger partial charge on any atom is 0.227 e. The molecule has 0 aliphatic heterocycles. The summed E-state index contributed by atoms with van der Waals surface area (Å²) in [5, 5.41) is 4.32. The lowest BCUT2D eigenvalue weighted by molar-refractivity contribution is 0.622. The van der Waals surface area contributed by atoms with Crippen LogP contribution < -0.4 is 4.90 Å². The minimum atomic E-state index is 0.598. The van der Waals surface area contributed by atoms with Crippen molar-refractivity contribution < 1.29 is 8.83 Å². The molecule has 9 aromatic carbocycles. The predicted molar refractivity (Wildman–Crippen MR) is 235 cm³/mol. The molecular formula is C53H34N2O2. The average Bonchev–Trinajstić information content (AvgIpc) is 3.90. The Morgan fingerprint density at radius 3 is 1.61 bits per heavy atom. The first-order valence-electron chi connectivity index (χ1n) is 19.2. The van der Waals surface area contributed by atoms with Crippen LogP contribution in [0.15, 0.2) is 215 Å². The number of nitrogens with zero attached hydrogens (tertiary/aromatic N) is 2. The van der Waals surface area contributed by atoms with Gasteiger partial charge in [0.15, 0.2) is 5.58 Å². The smallest absolute Gasteiger partial charge is 0.227 e. The molecule has 0 aliphatic carbocycles. The highest BCUT2D eigenvalue weighted by atomic mass is 16.4. The van der Waals surface area contributed by atoms with Crippen molar-refractivity contribution >= 4 is 60.9 Å². The molecule has 57 heavy (non-hydrogen) atoms. The van der Waals surface area contributed by atoms with Crippen LogP contribution in [0.25, 0.3) is 88.6 Å². The predicted octanol–water partition coefficient (Wildman–Crippen LogP) is 15.0. The molecule has 4 nitrogen and oxygen atoms in total. The number of rotatable bonds is 7. The highest BCUT2D eigenvalue weighted by Gasteiger charge is 2.21. The summed E-state index contributed by atoms with van der Waals surface area (Å²) in [5.41, 5.74) is 14.2. The first-order valence-corrected chi connectivity index (χ1v) is 19.2. The first kappa shape index (κ1) is 32.7. The van der Waals surface area contributed by atoms with Crippen molar-refractivity contribution in [2.24, 2.45) is 0 Å². The molecule has 268 valence electrons. The third-order valence-electron chi connectivity index (χ3n) is 10.9. The van der Waals surface area contributed by atoms with Gasteiger partial charge >= 0.3 is 0 Å². The van der Waals surface area contributed by atoms with Crippen molar-refractivity contribution in [3.8, 4) is 44.8 Å². The summed E-state index contributed by atoms with van der Waals surface area (Å²) in [5.74, 6) is 0.598. The lowest BCUT2D eigenvalue weighted by Crippen LogP contribution is -2.10. The van der Waals surface area contributed by atoms with Crippen molar-refractivity contribution in [1.29, 1.82) is 0 Å². The van der Waals surface area contributed by atoms with Gasteiger partial charge in [-0.05, 0) is 87.8 Å². The molecule has 4 heteroatoms. The van der Waals surface area contributed by atoms with Crippen LogP contribution in [0.4, 0.5) is 17.1 Å². The van der Waals surface area contributed by atoms with Gasteiger partial charge in [0.25, 0.3) is 0 Å². The Hall–Kier alpha value is -7.69. The number of furan rings is 1. The van der Waals surface area contributed by atoms with E-state index in [0.717, 1.165) is 66.8 Å². The van der Waals surface area contributed by atoms with Crippen LogP contribution in [0, 0.1) is 0 Å². The number of benzene rings is 9. The first-order chi connectivity index (χ1) is 28.3. The molecule has 0 spiro atoms. The van der Waals surface area contributed by atoms with Gasteiger partial charge in [0, 0.05) is 33.3 Å². The van der Waals surface area contributed by atoms with E-state index in [1.54, 1.807) is 0 Å². The van der Waals surface area contributed by atoms with Gasteiger partial charge < -0.3 is 13.7 Å². The van der Waals surface area contributed by atoms with Gasteiger partial charge in [-0.15, -0.1) is 0 Å². The SMILES string of the molecule is c1ccc(-c2ccc(N(c3ccc(-c4cccc5c4oc4ccc6nc(-c7ccccc7)oc6c45)cc3)c3ccc(-c4ccccc4)c4ccccc34)cc2)cc1. The Bertz CT molecular complexity index is 3200.